The Morgan fingerprint density at radius 2 is 2.15 bits per heavy atom. The van der Waals surface area contributed by atoms with Crippen LogP contribution in [0.1, 0.15) is 50.3 Å². The lowest BCUT2D eigenvalue weighted by Crippen LogP contribution is -2.36. The Morgan fingerprint density at radius 3 is 2.85 bits per heavy atom. The monoisotopic (exact) mass is 386 g/mol. The van der Waals surface area contributed by atoms with Gasteiger partial charge in [-0.2, -0.15) is 11.8 Å². The number of aromatic amines is 1. The van der Waals surface area contributed by atoms with Crippen LogP contribution in [0.15, 0.2) is 35.3 Å². The number of pyridine rings is 1. The standard InChI is InChI=1S/C20H26N4O2S/c1-27-12-10-15(23-20(26)14-7-3-2-4-8-14)17-13-18(25)24-19(22-17)16-9-5-6-11-21-16/h5-6,9,11,13-15H,2-4,7-8,10,12H2,1H3,(H,23,26)(H,22,24,25)/t15-/m0/s1. The molecule has 0 bridgehead atoms. The number of nitrogens with one attached hydrogen (secondary N) is 2. The van der Waals surface area contributed by atoms with E-state index in [-0.39, 0.29) is 23.4 Å². The Labute approximate surface area is 163 Å². The van der Waals surface area contributed by atoms with Gasteiger partial charge in [0.2, 0.25) is 5.91 Å². The lowest BCUT2D eigenvalue weighted by molar-refractivity contribution is -0.126. The molecule has 1 atom stereocenters. The van der Waals surface area contributed by atoms with E-state index in [0.29, 0.717) is 17.2 Å². The summed E-state index contributed by atoms with van der Waals surface area (Å²) in [6, 6.07) is 6.69. The van der Waals surface area contributed by atoms with Crippen molar-refractivity contribution in [2.75, 3.05) is 12.0 Å². The molecule has 7 heteroatoms. The molecule has 27 heavy (non-hydrogen) atoms. The Hall–Kier alpha value is -2.15. The van der Waals surface area contributed by atoms with Crippen LogP contribution in [0, 0.1) is 5.92 Å². The van der Waals surface area contributed by atoms with E-state index in [1.807, 2.05) is 18.4 Å². The second-order valence-corrected chi connectivity index (χ2v) is 7.90. The summed E-state index contributed by atoms with van der Waals surface area (Å²) >= 11 is 1.71. The molecule has 0 aromatic carbocycles. The SMILES string of the molecule is CSCC[C@H](NC(=O)C1CCCCC1)c1cc(=O)[nH]c(-c2ccccn2)n1. The third-order valence-electron chi connectivity index (χ3n) is 4.93. The van der Waals surface area contributed by atoms with E-state index in [4.69, 9.17) is 0 Å². The molecular weight excluding hydrogens is 360 g/mol. The molecule has 1 aliphatic rings. The predicted octanol–water partition coefficient (Wildman–Crippen LogP) is 3.32. The highest BCUT2D eigenvalue weighted by Gasteiger charge is 2.25. The van der Waals surface area contributed by atoms with Crippen molar-refractivity contribution in [3.8, 4) is 11.5 Å². The van der Waals surface area contributed by atoms with Gasteiger partial charge in [-0.25, -0.2) is 4.98 Å². The maximum atomic E-state index is 12.7. The number of thioether (sulfide) groups is 1. The number of aromatic nitrogens is 3. The Kier molecular flexibility index (Phi) is 7.04. The molecule has 0 saturated heterocycles. The maximum Gasteiger partial charge on any atom is 0.251 e. The summed E-state index contributed by atoms with van der Waals surface area (Å²) in [6.45, 7) is 0. The number of carbonyl (C=O) groups excluding carboxylic acids is 1. The molecule has 144 valence electrons. The Morgan fingerprint density at radius 1 is 1.33 bits per heavy atom. The van der Waals surface area contributed by atoms with Gasteiger partial charge in [0.1, 0.15) is 5.69 Å². The second-order valence-electron chi connectivity index (χ2n) is 6.91. The fourth-order valence-corrected chi connectivity index (χ4v) is 3.93. The normalized spacial score (nSPS) is 16.0. The third kappa shape index (κ3) is 5.42. The number of rotatable bonds is 7. The highest BCUT2D eigenvalue weighted by Crippen LogP contribution is 2.25. The number of amides is 1. The first kappa shape index (κ1) is 19.6. The molecule has 3 rings (SSSR count). The van der Waals surface area contributed by atoms with Crippen molar-refractivity contribution in [2.45, 2.75) is 44.6 Å². The number of hydrogen-bond acceptors (Lipinski definition) is 5. The molecule has 2 heterocycles. The lowest BCUT2D eigenvalue weighted by atomic mass is 9.88. The molecule has 0 unspecified atom stereocenters. The Balaban J connectivity index is 1.84. The average Bonchev–Trinajstić information content (AvgIpc) is 2.71. The van der Waals surface area contributed by atoms with Gasteiger partial charge in [0.25, 0.3) is 5.56 Å². The molecule has 0 aliphatic heterocycles. The summed E-state index contributed by atoms with van der Waals surface area (Å²) < 4.78 is 0. The summed E-state index contributed by atoms with van der Waals surface area (Å²) in [5.41, 5.74) is 0.970. The zero-order valence-corrected chi connectivity index (χ0v) is 16.4. The quantitative estimate of drug-likeness (QED) is 0.762. The van der Waals surface area contributed by atoms with Crippen LogP contribution in [0.25, 0.3) is 11.5 Å². The van der Waals surface area contributed by atoms with E-state index >= 15 is 0 Å². The molecule has 2 aromatic heterocycles. The van der Waals surface area contributed by atoms with Crippen molar-refractivity contribution in [1.82, 2.24) is 20.3 Å². The van der Waals surface area contributed by atoms with Crippen molar-refractivity contribution in [3.05, 3.63) is 46.5 Å². The van der Waals surface area contributed by atoms with Crippen LogP contribution < -0.4 is 10.9 Å². The maximum absolute atomic E-state index is 12.7. The first-order chi connectivity index (χ1) is 13.2. The van der Waals surface area contributed by atoms with Gasteiger partial charge in [-0.1, -0.05) is 25.3 Å². The minimum absolute atomic E-state index is 0.0767. The summed E-state index contributed by atoms with van der Waals surface area (Å²) in [4.78, 5) is 36.6. The van der Waals surface area contributed by atoms with E-state index in [1.54, 1.807) is 24.0 Å². The Bertz CT molecular complexity index is 803. The van der Waals surface area contributed by atoms with Crippen LogP contribution in [-0.4, -0.2) is 32.9 Å². The van der Waals surface area contributed by atoms with Crippen LogP contribution in [0.2, 0.25) is 0 Å². The minimum Gasteiger partial charge on any atom is -0.347 e. The molecule has 1 amide bonds. The van der Waals surface area contributed by atoms with Crippen LogP contribution in [0.4, 0.5) is 0 Å². The fourth-order valence-electron chi connectivity index (χ4n) is 3.46. The molecule has 2 aromatic rings. The lowest BCUT2D eigenvalue weighted by Gasteiger charge is -2.25. The molecule has 1 saturated carbocycles. The summed E-state index contributed by atoms with van der Waals surface area (Å²) in [7, 11) is 0. The van der Waals surface area contributed by atoms with Crippen LogP contribution in [0.3, 0.4) is 0 Å². The van der Waals surface area contributed by atoms with Crippen molar-refractivity contribution in [1.29, 1.82) is 0 Å². The van der Waals surface area contributed by atoms with Gasteiger partial charge in [-0.05, 0) is 43.4 Å². The molecule has 1 fully saturated rings. The highest BCUT2D eigenvalue weighted by atomic mass is 32.2. The first-order valence-corrected chi connectivity index (χ1v) is 10.9. The third-order valence-corrected chi connectivity index (χ3v) is 5.57. The van der Waals surface area contributed by atoms with Crippen molar-refractivity contribution in [3.63, 3.8) is 0 Å². The number of carbonyl (C=O) groups is 1. The van der Waals surface area contributed by atoms with Gasteiger partial charge in [0, 0.05) is 18.2 Å². The van der Waals surface area contributed by atoms with E-state index in [9.17, 15) is 9.59 Å². The van der Waals surface area contributed by atoms with Gasteiger partial charge in [-0.15, -0.1) is 0 Å². The van der Waals surface area contributed by atoms with E-state index in [0.717, 1.165) is 37.9 Å². The average molecular weight is 387 g/mol. The smallest absolute Gasteiger partial charge is 0.251 e. The summed E-state index contributed by atoms with van der Waals surface area (Å²) in [5, 5.41) is 3.16. The van der Waals surface area contributed by atoms with Crippen LogP contribution in [0.5, 0.6) is 0 Å². The number of nitrogens with zero attached hydrogens (tertiary/aromatic N) is 2. The van der Waals surface area contributed by atoms with E-state index in [1.165, 1.54) is 12.5 Å². The minimum atomic E-state index is -0.267. The largest absolute Gasteiger partial charge is 0.347 e. The van der Waals surface area contributed by atoms with Gasteiger partial charge in [0.05, 0.1) is 11.7 Å². The summed E-state index contributed by atoms with van der Waals surface area (Å²) in [5.74, 6) is 1.47. The highest BCUT2D eigenvalue weighted by molar-refractivity contribution is 7.98. The molecule has 6 nitrogen and oxygen atoms in total. The van der Waals surface area contributed by atoms with Gasteiger partial charge in [0.15, 0.2) is 5.82 Å². The zero-order chi connectivity index (χ0) is 19.1. The van der Waals surface area contributed by atoms with Gasteiger partial charge < -0.3 is 10.3 Å². The number of hydrogen-bond donors (Lipinski definition) is 2. The van der Waals surface area contributed by atoms with E-state index < -0.39 is 0 Å². The number of H-pyrrole nitrogens is 1. The fraction of sp³-hybridized carbons (Fsp3) is 0.500. The predicted molar refractivity (Wildman–Crippen MR) is 109 cm³/mol. The first-order valence-electron chi connectivity index (χ1n) is 9.49. The molecule has 0 spiro atoms. The molecular formula is C20H26N4O2S. The van der Waals surface area contributed by atoms with E-state index in [2.05, 4.69) is 20.3 Å². The van der Waals surface area contributed by atoms with Crippen molar-refractivity contribution < 1.29 is 4.79 Å². The topological polar surface area (TPSA) is 87.7 Å². The van der Waals surface area contributed by atoms with Crippen LogP contribution in [-0.2, 0) is 4.79 Å². The second kappa shape index (κ2) is 9.69. The summed E-state index contributed by atoms with van der Waals surface area (Å²) in [6.07, 6.45) is 9.76. The molecule has 2 N–H and O–H groups in total. The van der Waals surface area contributed by atoms with Gasteiger partial charge >= 0.3 is 0 Å². The van der Waals surface area contributed by atoms with Gasteiger partial charge in [-0.3, -0.25) is 14.6 Å². The van der Waals surface area contributed by atoms with Crippen molar-refractivity contribution >= 4 is 17.7 Å². The molecule has 1 aliphatic carbocycles. The zero-order valence-electron chi connectivity index (χ0n) is 15.6. The van der Waals surface area contributed by atoms with Crippen LogP contribution >= 0.6 is 11.8 Å². The van der Waals surface area contributed by atoms with Crippen molar-refractivity contribution in [2.24, 2.45) is 5.92 Å². The molecule has 0 radical (unpaired) electrons.